The molecule has 4 rings (SSSR count). The Hall–Kier alpha value is -2.18. The molecule has 7 heteroatoms. The molecule has 0 bridgehead atoms. The first-order chi connectivity index (χ1) is 13.9. The van der Waals surface area contributed by atoms with Gasteiger partial charge in [0.15, 0.2) is 0 Å². The molecule has 1 aromatic heterocycles. The zero-order chi connectivity index (χ0) is 20.5. The van der Waals surface area contributed by atoms with Gasteiger partial charge in [0.25, 0.3) is 5.91 Å². The van der Waals surface area contributed by atoms with Crippen molar-refractivity contribution in [3.8, 4) is 0 Å². The summed E-state index contributed by atoms with van der Waals surface area (Å²) in [5.41, 5.74) is 2.89. The molecule has 1 N–H and O–H groups in total. The lowest BCUT2D eigenvalue weighted by Gasteiger charge is -2.22. The number of hydrogen-bond acceptors (Lipinski definition) is 3. The monoisotopic (exact) mass is 429 g/mol. The standard InChI is InChI=1S/C22H24ClN3O2S/c1-25-18-12-17(24-21(27)14-8-10-15(23)11-9-14)20(13-19(18)26(2)22(25)28)29-16-6-4-3-5-7-16/h8-13,16H,3-7H2,1-2H3,(H,24,27). The largest absolute Gasteiger partial charge is 0.328 e. The van der Waals surface area contributed by atoms with E-state index in [0.717, 1.165) is 21.6 Å². The van der Waals surface area contributed by atoms with Crippen LogP contribution in [-0.4, -0.2) is 20.3 Å². The Morgan fingerprint density at radius 3 is 2.31 bits per heavy atom. The third-order valence-electron chi connectivity index (χ3n) is 5.57. The van der Waals surface area contributed by atoms with Crippen molar-refractivity contribution in [1.29, 1.82) is 0 Å². The molecule has 1 aliphatic carbocycles. The van der Waals surface area contributed by atoms with Gasteiger partial charge in [0, 0.05) is 34.8 Å². The van der Waals surface area contributed by atoms with Gasteiger partial charge in [-0.1, -0.05) is 30.9 Å². The fraction of sp³-hybridized carbons (Fsp3) is 0.364. The summed E-state index contributed by atoms with van der Waals surface area (Å²) in [5.74, 6) is -0.188. The quantitative estimate of drug-likeness (QED) is 0.619. The zero-order valence-electron chi connectivity index (χ0n) is 16.6. The Kier molecular flexibility index (Phi) is 5.74. The minimum absolute atomic E-state index is 0.0743. The van der Waals surface area contributed by atoms with Crippen LogP contribution in [0.5, 0.6) is 0 Å². The summed E-state index contributed by atoms with van der Waals surface area (Å²) >= 11 is 7.75. The molecule has 0 aliphatic heterocycles. The van der Waals surface area contributed by atoms with Crippen LogP contribution >= 0.6 is 23.4 Å². The maximum Gasteiger partial charge on any atom is 0.328 e. The normalized spacial score (nSPS) is 15.0. The molecule has 1 aliphatic rings. The van der Waals surface area contributed by atoms with Crippen LogP contribution in [0.1, 0.15) is 42.5 Å². The molecule has 5 nitrogen and oxygen atoms in total. The number of thioether (sulfide) groups is 1. The molecule has 2 aromatic carbocycles. The number of imidazole rings is 1. The van der Waals surface area contributed by atoms with Crippen molar-refractivity contribution in [1.82, 2.24) is 9.13 Å². The summed E-state index contributed by atoms with van der Waals surface area (Å²) < 4.78 is 3.27. The lowest BCUT2D eigenvalue weighted by Crippen LogP contribution is -2.19. The zero-order valence-corrected chi connectivity index (χ0v) is 18.1. The van der Waals surface area contributed by atoms with Crippen LogP contribution in [0.15, 0.2) is 46.1 Å². The molecule has 1 saturated carbocycles. The number of amides is 1. The maximum atomic E-state index is 12.8. The van der Waals surface area contributed by atoms with Gasteiger partial charge in [-0.2, -0.15) is 0 Å². The number of anilines is 1. The van der Waals surface area contributed by atoms with Gasteiger partial charge in [0.2, 0.25) is 0 Å². The van der Waals surface area contributed by atoms with E-state index in [1.807, 2.05) is 23.9 Å². The first-order valence-electron chi connectivity index (χ1n) is 9.87. The van der Waals surface area contributed by atoms with Crippen LogP contribution < -0.4 is 11.0 Å². The third-order valence-corrected chi connectivity index (χ3v) is 7.22. The highest BCUT2D eigenvalue weighted by Gasteiger charge is 2.20. The number of fused-ring (bicyclic) bond motifs is 1. The molecule has 1 heterocycles. The molecule has 152 valence electrons. The smallest absolute Gasteiger partial charge is 0.321 e. The topological polar surface area (TPSA) is 56.0 Å². The number of carbonyl (C=O) groups is 1. The molecular formula is C22H24ClN3O2S. The number of benzene rings is 2. The van der Waals surface area contributed by atoms with Crippen LogP contribution in [-0.2, 0) is 14.1 Å². The van der Waals surface area contributed by atoms with Crippen LogP contribution in [0.4, 0.5) is 5.69 Å². The van der Waals surface area contributed by atoms with Crippen molar-refractivity contribution >= 4 is 46.0 Å². The van der Waals surface area contributed by atoms with Gasteiger partial charge >= 0.3 is 5.69 Å². The highest BCUT2D eigenvalue weighted by atomic mass is 35.5. The molecule has 0 spiro atoms. The van der Waals surface area contributed by atoms with Crippen molar-refractivity contribution in [3.63, 3.8) is 0 Å². The van der Waals surface area contributed by atoms with Crippen LogP contribution in [0, 0.1) is 0 Å². The van der Waals surface area contributed by atoms with Crippen LogP contribution in [0.25, 0.3) is 11.0 Å². The summed E-state index contributed by atoms with van der Waals surface area (Å²) in [6.07, 6.45) is 6.15. The van der Waals surface area contributed by atoms with Crippen molar-refractivity contribution in [3.05, 3.63) is 57.5 Å². The Morgan fingerprint density at radius 2 is 1.66 bits per heavy atom. The molecule has 0 unspecified atom stereocenters. The van der Waals surface area contributed by atoms with E-state index < -0.39 is 0 Å². The maximum absolute atomic E-state index is 12.8. The van der Waals surface area contributed by atoms with Crippen molar-refractivity contribution in [2.75, 3.05) is 5.32 Å². The highest BCUT2D eigenvalue weighted by molar-refractivity contribution is 8.00. The van der Waals surface area contributed by atoms with Crippen LogP contribution in [0.3, 0.4) is 0 Å². The molecule has 3 aromatic rings. The Morgan fingerprint density at radius 1 is 1.03 bits per heavy atom. The van der Waals surface area contributed by atoms with Gasteiger partial charge in [0.1, 0.15) is 0 Å². The van der Waals surface area contributed by atoms with E-state index >= 15 is 0 Å². The van der Waals surface area contributed by atoms with Gasteiger partial charge in [-0.3, -0.25) is 13.9 Å². The second-order valence-corrected chi connectivity index (χ2v) is 9.36. The third kappa shape index (κ3) is 4.09. The van der Waals surface area contributed by atoms with E-state index in [2.05, 4.69) is 5.32 Å². The lowest BCUT2D eigenvalue weighted by molar-refractivity contribution is 0.102. The highest BCUT2D eigenvalue weighted by Crippen LogP contribution is 2.39. The minimum atomic E-state index is -0.188. The molecule has 1 amide bonds. The summed E-state index contributed by atoms with van der Waals surface area (Å²) in [7, 11) is 3.54. The SMILES string of the molecule is Cn1c(=O)n(C)c2cc(SC3CCCCC3)c(NC(=O)c3ccc(Cl)cc3)cc21. The lowest BCUT2D eigenvalue weighted by atomic mass is 10.0. The average molecular weight is 430 g/mol. The van der Waals surface area contributed by atoms with Crippen molar-refractivity contribution < 1.29 is 4.79 Å². The summed E-state index contributed by atoms with van der Waals surface area (Å²) in [5, 5.41) is 4.19. The number of aromatic nitrogens is 2. The second-order valence-electron chi connectivity index (χ2n) is 7.58. The number of aryl methyl sites for hydroxylation is 2. The van der Waals surface area contributed by atoms with E-state index in [9.17, 15) is 9.59 Å². The van der Waals surface area contributed by atoms with E-state index in [1.54, 1.807) is 47.5 Å². The number of nitrogens with zero attached hydrogens (tertiary/aromatic N) is 2. The fourth-order valence-corrected chi connectivity index (χ4v) is 5.35. The second kappa shape index (κ2) is 8.28. The van der Waals surface area contributed by atoms with Gasteiger partial charge < -0.3 is 5.32 Å². The number of hydrogen-bond donors (Lipinski definition) is 1. The number of carbonyl (C=O) groups excluding carboxylic acids is 1. The molecule has 0 atom stereocenters. The number of halogens is 1. The van der Waals surface area contributed by atoms with E-state index in [4.69, 9.17) is 11.6 Å². The number of rotatable bonds is 4. The van der Waals surface area contributed by atoms with Gasteiger partial charge in [-0.15, -0.1) is 11.8 Å². The summed E-state index contributed by atoms with van der Waals surface area (Å²) in [6.45, 7) is 0. The Bertz CT molecular complexity index is 1110. The first-order valence-corrected chi connectivity index (χ1v) is 11.1. The molecule has 29 heavy (non-hydrogen) atoms. The molecule has 0 radical (unpaired) electrons. The molecular weight excluding hydrogens is 406 g/mol. The Balaban J connectivity index is 1.73. The first kappa shape index (κ1) is 20.1. The van der Waals surface area contributed by atoms with Crippen molar-refractivity contribution in [2.24, 2.45) is 14.1 Å². The summed E-state index contributed by atoms with van der Waals surface area (Å²) in [6, 6.07) is 10.8. The van der Waals surface area contributed by atoms with E-state index in [0.29, 0.717) is 15.8 Å². The van der Waals surface area contributed by atoms with Crippen LogP contribution in [0.2, 0.25) is 5.02 Å². The van der Waals surface area contributed by atoms with E-state index in [-0.39, 0.29) is 11.6 Å². The Labute approximate surface area is 179 Å². The number of nitrogens with one attached hydrogen (secondary N) is 1. The predicted molar refractivity (Wildman–Crippen MR) is 120 cm³/mol. The average Bonchev–Trinajstić information content (AvgIpc) is 2.93. The summed E-state index contributed by atoms with van der Waals surface area (Å²) in [4.78, 5) is 26.2. The minimum Gasteiger partial charge on any atom is -0.321 e. The van der Waals surface area contributed by atoms with Gasteiger partial charge in [-0.25, -0.2) is 4.79 Å². The fourth-order valence-electron chi connectivity index (χ4n) is 3.88. The molecule has 1 fully saturated rings. The van der Waals surface area contributed by atoms with Crippen molar-refractivity contribution in [2.45, 2.75) is 42.2 Å². The van der Waals surface area contributed by atoms with Gasteiger partial charge in [-0.05, 0) is 49.2 Å². The predicted octanol–water partition coefficient (Wildman–Crippen LogP) is 5.21. The van der Waals surface area contributed by atoms with Gasteiger partial charge in [0.05, 0.1) is 16.7 Å². The van der Waals surface area contributed by atoms with E-state index in [1.165, 1.54) is 32.1 Å². The molecule has 0 saturated heterocycles.